The van der Waals surface area contributed by atoms with Gasteiger partial charge in [0.2, 0.25) is 12.4 Å². The van der Waals surface area contributed by atoms with E-state index in [-0.39, 0.29) is 108 Å². The molecule has 0 spiro atoms. The number of esters is 11. The van der Waals surface area contributed by atoms with Crippen molar-refractivity contribution >= 4 is 65.7 Å². The van der Waals surface area contributed by atoms with E-state index in [9.17, 15) is 78.3 Å². The molecular weight excluding hydrogens is 1740 g/mol. The second-order valence-electron chi connectivity index (χ2n) is 29.0. The monoisotopic (exact) mass is 1910 g/mol. The molecule has 6 aliphatic heterocycles. The van der Waals surface area contributed by atoms with E-state index in [0.717, 1.165) is 59.3 Å². The summed E-state index contributed by atoms with van der Waals surface area (Å²) < 4.78 is 117. The lowest BCUT2D eigenvalue weighted by atomic mass is 10.1. The van der Waals surface area contributed by atoms with Crippen LogP contribution in [-0.4, -0.2) is 371 Å². The molecule has 6 rings (SSSR count). The number of ether oxygens (including phenoxy) is 22. The zero-order valence-electron chi connectivity index (χ0n) is 75.8. The number of unbranched alkanes of at least 4 members (excludes halogenated alkanes) is 4. The molecule has 44 heteroatoms. The SMILES string of the molecule is C.C.C.C.C.C.CC(=O)OCC1O[C@@H](OC(C)=O)[C@H](OC(C)=O)[C@@H]1OC(C)=O.CCC1O[C@@H](OCCNC)[C@H](O)[C@@H]1O.CCCCC(=O)O[C@H]1[C@H](OCCNC)OC(CC)[C@H]1OC(=O)CCCC.CCCCC(=O)O[C@H]1[C@H](OCCNC)OC(CO)[C@H]1OC(=O)CCCC.CNCCO[C@@H]1OC(CO)[C@@H](O)[C@H]1O.CNCCO[C@@H]1OC(COC(C)=O)[C@@H](OC(C)=O)[C@H]1OC(C)=O. The van der Waals surface area contributed by atoms with Crippen LogP contribution < -0.4 is 26.6 Å². The summed E-state index contributed by atoms with van der Waals surface area (Å²) in [6.07, 6.45) is -11.3. The second-order valence-corrected chi connectivity index (χ2v) is 29.0. The largest absolute Gasteiger partial charge is 0.463 e. The van der Waals surface area contributed by atoms with Crippen molar-refractivity contribution in [3.05, 3.63) is 0 Å². The maximum atomic E-state index is 12.1. The van der Waals surface area contributed by atoms with Gasteiger partial charge in [-0.15, -0.1) is 0 Å². The van der Waals surface area contributed by atoms with E-state index in [1.165, 1.54) is 27.7 Å². The third-order valence-corrected chi connectivity index (χ3v) is 18.4. The van der Waals surface area contributed by atoms with Crippen LogP contribution in [0.15, 0.2) is 0 Å². The number of carbonyl (C=O) groups excluding carboxylic acids is 11. The van der Waals surface area contributed by atoms with Crippen LogP contribution in [0.25, 0.3) is 0 Å². The Bertz CT molecular complexity index is 2920. The Kier molecular flexibility index (Phi) is 80.9. The molecule has 0 saturated carbocycles. The summed E-state index contributed by atoms with van der Waals surface area (Å²) in [5.41, 5.74) is 0. The molecule has 44 nitrogen and oxygen atoms in total. The molecule has 0 aromatic carbocycles. The highest BCUT2D eigenvalue weighted by Crippen LogP contribution is 2.34. The topological polar surface area (TPSA) is 572 Å². The van der Waals surface area contributed by atoms with Crippen molar-refractivity contribution in [2.45, 2.75) is 372 Å². The van der Waals surface area contributed by atoms with E-state index in [1.807, 2.05) is 55.6 Å². The van der Waals surface area contributed by atoms with Crippen LogP contribution in [0, 0.1) is 0 Å². The minimum atomic E-state index is -1.26. The number of hydrogen-bond acceptors (Lipinski definition) is 44. The number of likely N-dealkylation sites (N-methyl/N-ethyl adjacent to an activating group) is 5. The Morgan fingerprint density at radius 1 is 0.267 bits per heavy atom. The molecule has 131 heavy (non-hydrogen) atoms. The van der Waals surface area contributed by atoms with E-state index >= 15 is 0 Å². The van der Waals surface area contributed by atoms with Crippen LogP contribution in [0.3, 0.4) is 0 Å². The lowest BCUT2D eigenvalue weighted by Crippen LogP contribution is -2.42. The Balaban J connectivity index is -0.000000359. The normalized spacial score (nSPS) is 27.3. The molecule has 0 amide bonds. The smallest absolute Gasteiger partial charge is 0.306 e. The summed E-state index contributed by atoms with van der Waals surface area (Å²) >= 11 is 0. The predicted octanol–water partition coefficient (Wildman–Crippen LogP) is 3.34. The summed E-state index contributed by atoms with van der Waals surface area (Å²) in [5.74, 6) is -5.58. The van der Waals surface area contributed by atoms with Crippen molar-refractivity contribution in [1.82, 2.24) is 26.6 Å². The van der Waals surface area contributed by atoms with Gasteiger partial charge in [-0.25, -0.2) is 0 Å². The van der Waals surface area contributed by atoms with Gasteiger partial charge in [-0.1, -0.05) is 112 Å². The van der Waals surface area contributed by atoms with Crippen LogP contribution in [0.2, 0.25) is 0 Å². The highest BCUT2D eigenvalue weighted by atomic mass is 16.8. The predicted molar refractivity (Wildman–Crippen MR) is 475 cm³/mol. The van der Waals surface area contributed by atoms with Crippen LogP contribution in [0.5, 0.6) is 0 Å². The molecular formula is C87H169N5O39. The van der Waals surface area contributed by atoms with E-state index < -0.39 is 189 Å². The molecule has 0 aliphatic carbocycles. The fourth-order valence-electron chi connectivity index (χ4n) is 12.1. The minimum Gasteiger partial charge on any atom is -0.463 e. The lowest BCUT2D eigenvalue weighted by molar-refractivity contribution is -0.197. The molecule has 6 unspecified atom stereocenters. The molecule has 6 heterocycles. The number of hydrogen-bond donors (Lipinski definition) is 11. The molecule has 0 radical (unpaired) electrons. The van der Waals surface area contributed by atoms with Gasteiger partial charge in [0.25, 0.3) is 0 Å². The van der Waals surface area contributed by atoms with Gasteiger partial charge in [-0.2, -0.15) is 0 Å². The van der Waals surface area contributed by atoms with Gasteiger partial charge in [-0.05, 0) is 73.8 Å². The van der Waals surface area contributed by atoms with Gasteiger partial charge in [0.05, 0.1) is 52.4 Å². The third kappa shape index (κ3) is 53.4. The van der Waals surface area contributed by atoms with Gasteiger partial charge in [-0.3, -0.25) is 52.7 Å². The highest BCUT2D eigenvalue weighted by molar-refractivity contribution is 5.72. The number of nitrogens with one attached hydrogen (secondary N) is 5. The standard InChI is InChI=1S/C19H35NO6.C18H33NO7.C14H23NO8.C13H18O9.C9H19NO4.C8H17NO5.6CH4/c1-5-8-10-15(21)25-17-14(7-3)24-19(23-13-12-20-4)18(17)26-16(22)11-9-6-2;1-4-6-8-14(21)25-16-13(12-20)24-18(23-11-10-19-3)17(16)26-15(22)9-7-5-2;1-8(16)20-7-11-12(21-9(2)17)13(22-10(3)18)14(23-11)19-6-5-15-4;1-6(14)18-5-10-11(19-7(2)15)12(20-8(3)16)13(22-10)21-9(4)17;1-3-6-7(11)8(12)9(14-6)13-5-4-10-2;1-9-2-3-13-8-7(12)6(11)5(4-10)14-8;;;;;;/h14,17-20H,5-13H2,1-4H3;13,16-20H,4-12H2,1-3H3;11-15H,5-7H2,1-4H3;10-13H,5H2,1-4H3;6-12H,3-5H2,1-2H3;5-12H,2-4H2,1H3;6*1H4/t14?,17-,18-,19-;13?,16-,17-,18-;11?,12-,13-,14-;10?,11-,12-,13-;6?,7-,8-,9-;5?,6-,7-,8-;;;;;;/m111111....../s1. The van der Waals surface area contributed by atoms with Crippen LogP contribution in [-0.2, 0) is 157 Å². The second kappa shape index (κ2) is 78.5. The average molecular weight is 1910 g/mol. The number of rotatable bonds is 49. The third-order valence-electron chi connectivity index (χ3n) is 18.4. The molecule has 11 N–H and O–H groups in total. The summed E-state index contributed by atoms with van der Waals surface area (Å²) in [6.45, 7) is 24.1. The quantitative estimate of drug-likeness (QED) is 0.0236. The Morgan fingerprint density at radius 3 is 0.763 bits per heavy atom. The van der Waals surface area contributed by atoms with Crippen molar-refractivity contribution in [3.8, 4) is 0 Å². The molecule has 24 atom stereocenters. The number of carbonyl (C=O) groups is 11. The number of aliphatic hydroxyl groups is 6. The van der Waals surface area contributed by atoms with Crippen LogP contribution in [0.4, 0.5) is 0 Å². The molecule has 0 aromatic heterocycles. The first kappa shape index (κ1) is 135. The van der Waals surface area contributed by atoms with Gasteiger partial charge >= 0.3 is 65.7 Å². The first-order valence-corrected chi connectivity index (χ1v) is 42.7. The van der Waals surface area contributed by atoms with Crippen molar-refractivity contribution < 1.29 is 188 Å². The fourth-order valence-corrected chi connectivity index (χ4v) is 12.1. The van der Waals surface area contributed by atoms with Crippen LogP contribution in [0.1, 0.15) is 224 Å². The fraction of sp³-hybridized carbons (Fsp3) is 0.874. The van der Waals surface area contributed by atoms with E-state index in [1.54, 1.807) is 21.1 Å². The summed E-state index contributed by atoms with van der Waals surface area (Å²) in [6, 6.07) is 0. The van der Waals surface area contributed by atoms with Crippen molar-refractivity contribution in [2.24, 2.45) is 0 Å². The van der Waals surface area contributed by atoms with Gasteiger partial charge < -0.3 is 161 Å². The first-order chi connectivity index (χ1) is 59.6. The summed E-state index contributed by atoms with van der Waals surface area (Å²) in [7, 11) is 8.97. The Labute approximate surface area is 776 Å². The molecule has 776 valence electrons. The average Bonchev–Trinajstić information content (AvgIpc) is 1.68. The van der Waals surface area contributed by atoms with E-state index in [2.05, 4.69) is 26.6 Å². The van der Waals surface area contributed by atoms with Crippen molar-refractivity contribution in [2.75, 3.05) is 127 Å². The van der Waals surface area contributed by atoms with Crippen molar-refractivity contribution in [3.63, 3.8) is 0 Å². The highest BCUT2D eigenvalue weighted by Gasteiger charge is 2.55. The Hall–Kier alpha value is -6.71. The lowest BCUT2D eigenvalue weighted by Gasteiger charge is -2.24. The van der Waals surface area contributed by atoms with Gasteiger partial charge in [0, 0.05) is 107 Å². The number of aliphatic hydroxyl groups excluding tert-OH is 6. The maximum absolute atomic E-state index is 12.1. The van der Waals surface area contributed by atoms with Gasteiger partial charge in [0.1, 0.15) is 68.1 Å². The molecule has 0 aromatic rings. The van der Waals surface area contributed by atoms with E-state index in [4.69, 9.17) is 109 Å². The molecule has 6 aliphatic rings. The summed E-state index contributed by atoms with van der Waals surface area (Å²) in [5, 5.41) is 70.8. The molecule has 6 saturated heterocycles. The minimum absolute atomic E-state index is 0. The van der Waals surface area contributed by atoms with E-state index in [0.29, 0.717) is 104 Å². The zero-order chi connectivity index (χ0) is 94.1. The van der Waals surface area contributed by atoms with Crippen molar-refractivity contribution in [1.29, 1.82) is 0 Å². The Morgan fingerprint density at radius 2 is 0.496 bits per heavy atom. The molecule has 0 bridgehead atoms. The zero-order valence-corrected chi connectivity index (χ0v) is 75.8. The molecule has 6 fully saturated rings. The maximum Gasteiger partial charge on any atom is 0.306 e. The van der Waals surface area contributed by atoms with Gasteiger partial charge in [0.15, 0.2) is 74.2 Å². The first-order valence-electron chi connectivity index (χ1n) is 42.7. The summed E-state index contributed by atoms with van der Waals surface area (Å²) in [4.78, 5) is 126. The van der Waals surface area contributed by atoms with Crippen LogP contribution >= 0.6 is 0 Å².